The molecule has 112 valence electrons. The van der Waals surface area contributed by atoms with E-state index >= 15 is 0 Å². The summed E-state index contributed by atoms with van der Waals surface area (Å²) in [4.78, 5) is 6.93. The highest BCUT2D eigenvalue weighted by molar-refractivity contribution is 5.55. The Morgan fingerprint density at radius 2 is 1.95 bits per heavy atom. The molecule has 3 rings (SSSR count). The standard InChI is InChI=1S/C16H22N4O/c1-3-15-17-16(19-18-15)14-6-4-13(5-7-14)12(2)20-8-10-21-11-9-20/h4-7,12H,3,8-11H2,1-2H3,(H,17,18,19). The van der Waals surface area contributed by atoms with Crippen LogP contribution in [0.1, 0.15) is 31.3 Å². The molecule has 2 aromatic rings. The molecule has 0 bridgehead atoms. The molecule has 1 unspecified atom stereocenters. The molecule has 1 fully saturated rings. The molecule has 1 N–H and O–H groups in total. The van der Waals surface area contributed by atoms with Gasteiger partial charge in [-0.05, 0) is 12.5 Å². The second-order valence-corrected chi connectivity index (χ2v) is 5.41. The highest BCUT2D eigenvalue weighted by Crippen LogP contribution is 2.23. The Kier molecular flexibility index (Phi) is 4.31. The van der Waals surface area contributed by atoms with Gasteiger partial charge in [0.25, 0.3) is 0 Å². The summed E-state index contributed by atoms with van der Waals surface area (Å²) in [6.07, 6.45) is 0.874. The van der Waals surface area contributed by atoms with Crippen LogP contribution in [0.15, 0.2) is 24.3 Å². The van der Waals surface area contributed by atoms with Gasteiger partial charge in [-0.25, -0.2) is 4.98 Å². The van der Waals surface area contributed by atoms with E-state index in [1.165, 1.54) is 5.56 Å². The minimum absolute atomic E-state index is 0.418. The fraction of sp³-hybridized carbons (Fsp3) is 0.500. The third-order valence-corrected chi connectivity index (χ3v) is 4.11. The van der Waals surface area contributed by atoms with Crippen molar-refractivity contribution in [3.05, 3.63) is 35.7 Å². The van der Waals surface area contributed by atoms with Gasteiger partial charge < -0.3 is 4.74 Å². The number of benzene rings is 1. The summed E-state index contributed by atoms with van der Waals surface area (Å²) in [6.45, 7) is 7.99. The lowest BCUT2D eigenvalue weighted by Gasteiger charge is -2.32. The molecular formula is C16H22N4O. The summed E-state index contributed by atoms with van der Waals surface area (Å²) >= 11 is 0. The summed E-state index contributed by atoms with van der Waals surface area (Å²) in [5.41, 5.74) is 2.38. The molecule has 1 aromatic heterocycles. The van der Waals surface area contributed by atoms with Gasteiger partial charge in [-0.1, -0.05) is 31.2 Å². The number of hydrogen-bond donors (Lipinski definition) is 1. The molecule has 1 saturated heterocycles. The summed E-state index contributed by atoms with van der Waals surface area (Å²) in [5.74, 6) is 1.70. The van der Waals surface area contributed by atoms with Crippen LogP contribution in [0.3, 0.4) is 0 Å². The first-order valence-corrected chi connectivity index (χ1v) is 7.61. The maximum absolute atomic E-state index is 5.41. The van der Waals surface area contributed by atoms with Crippen LogP contribution in [-0.2, 0) is 11.2 Å². The Morgan fingerprint density at radius 3 is 2.57 bits per heavy atom. The van der Waals surface area contributed by atoms with E-state index in [-0.39, 0.29) is 0 Å². The van der Waals surface area contributed by atoms with Crippen LogP contribution >= 0.6 is 0 Å². The fourth-order valence-electron chi connectivity index (χ4n) is 2.67. The van der Waals surface area contributed by atoms with Crippen molar-refractivity contribution < 1.29 is 4.74 Å². The number of aryl methyl sites for hydroxylation is 1. The molecule has 2 heterocycles. The Morgan fingerprint density at radius 1 is 1.24 bits per heavy atom. The zero-order chi connectivity index (χ0) is 14.7. The maximum Gasteiger partial charge on any atom is 0.181 e. The predicted molar refractivity (Wildman–Crippen MR) is 82.0 cm³/mol. The Balaban J connectivity index is 1.73. The van der Waals surface area contributed by atoms with Gasteiger partial charge in [0.15, 0.2) is 5.82 Å². The Bertz CT molecular complexity index is 572. The van der Waals surface area contributed by atoms with Gasteiger partial charge in [0, 0.05) is 31.1 Å². The second-order valence-electron chi connectivity index (χ2n) is 5.41. The number of nitrogens with one attached hydrogen (secondary N) is 1. The van der Waals surface area contributed by atoms with Crippen molar-refractivity contribution >= 4 is 0 Å². The molecule has 0 saturated carbocycles. The lowest BCUT2D eigenvalue weighted by atomic mass is 10.0. The number of rotatable bonds is 4. The SMILES string of the molecule is CCc1nc(-c2ccc(C(C)N3CCOCC3)cc2)n[nH]1. The van der Waals surface area contributed by atoms with E-state index in [4.69, 9.17) is 4.74 Å². The number of hydrogen-bond acceptors (Lipinski definition) is 4. The topological polar surface area (TPSA) is 54.0 Å². The molecule has 21 heavy (non-hydrogen) atoms. The molecular weight excluding hydrogens is 264 g/mol. The van der Waals surface area contributed by atoms with Crippen molar-refractivity contribution in [3.8, 4) is 11.4 Å². The van der Waals surface area contributed by atoms with Crippen LogP contribution < -0.4 is 0 Å². The molecule has 5 nitrogen and oxygen atoms in total. The largest absolute Gasteiger partial charge is 0.379 e. The van der Waals surface area contributed by atoms with Crippen molar-refractivity contribution in [2.45, 2.75) is 26.3 Å². The number of ether oxygens (including phenoxy) is 1. The quantitative estimate of drug-likeness (QED) is 0.938. The smallest absolute Gasteiger partial charge is 0.181 e. The minimum Gasteiger partial charge on any atom is -0.379 e. The molecule has 1 aliphatic rings. The van der Waals surface area contributed by atoms with Crippen LogP contribution in [0.4, 0.5) is 0 Å². The first-order chi connectivity index (χ1) is 10.3. The van der Waals surface area contributed by atoms with E-state index in [9.17, 15) is 0 Å². The van der Waals surface area contributed by atoms with Crippen molar-refractivity contribution in [2.24, 2.45) is 0 Å². The molecule has 0 aliphatic carbocycles. The van der Waals surface area contributed by atoms with Gasteiger partial charge in [-0.15, -0.1) is 0 Å². The summed E-state index contributed by atoms with van der Waals surface area (Å²) < 4.78 is 5.41. The lowest BCUT2D eigenvalue weighted by Crippen LogP contribution is -2.37. The summed E-state index contributed by atoms with van der Waals surface area (Å²) in [5, 5.41) is 7.22. The van der Waals surface area contributed by atoms with Gasteiger partial charge in [0.2, 0.25) is 0 Å². The zero-order valence-corrected chi connectivity index (χ0v) is 12.7. The summed E-state index contributed by atoms with van der Waals surface area (Å²) in [6, 6.07) is 8.99. The van der Waals surface area contributed by atoms with Crippen molar-refractivity contribution in [3.63, 3.8) is 0 Å². The fourth-order valence-corrected chi connectivity index (χ4v) is 2.67. The number of aromatic nitrogens is 3. The second kappa shape index (κ2) is 6.37. The van der Waals surface area contributed by atoms with E-state index in [1.807, 2.05) is 0 Å². The van der Waals surface area contributed by atoms with Crippen LogP contribution in [0.5, 0.6) is 0 Å². The van der Waals surface area contributed by atoms with Crippen molar-refractivity contribution in [1.29, 1.82) is 0 Å². The third kappa shape index (κ3) is 3.14. The monoisotopic (exact) mass is 286 g/mol. The average Bonchev–Trinajstić information content (AvgIpc) is 3.04. The maximum atomic E-state index is 5.41. The van der Waals surface area contributed by atoms with Gasteiger partial charge in [-0.3, -0.25) is 10.00 Å². The summed E-state index contributed by atoms with van der Waals surface area (Å²) in [7, 11) is 0. The van der Waals surface area contributed by atoms with Gasteiger partial charge >= 0.3 is 0 Å². The van der Waals surface area contributed by atoms with Crippen molar-refractivity contribution in [1.82, 2.24) is 20.1 Å². The van der Waals surface area contributed by atoms with E-state index in [0.29, 0.717) is 6.04 Å². The molecule has 0 spiro atoms. The highest BCUT2D eigenvalue weighted by Gasteiger charge is 2.18. The minimum atomic E-state index is 0.418. The van der Waals surface area contributed by atoms with Gasteiger partial charge in [0.05, 0.1) is 13.2 Å². The Labute approximate surface area is 125 Å². The Hall–Kier alpha value is -1.72. The first kappa shape index (κ1) is 14.2. The number of aromatic amines is 1. The van der Waals surface area contributed by atoms with Crippen LogP contribution in [0.2, 0.25) is 0 Å². The zero-order valence-electron chi connectivity index (χ0n) is 12.7. The molecule has 0 radical (unpaired) electrons. The van der Waals surface area contributed by atoms with Crippen LogP contribution in [0, 0.1) is 0 Å². The lowest BCUT2D eigenvalue weighted by molar-refractivity contribution is 0.0198. The predicted octanol–water partition coefficient (Wildman–Crippen LogP) is 2.43. The number of nitrogens with zero attached hydrogens (tertiary/aromatic N) is 3. The van der Waals surface area contributed by atoms with E-state index in [0.717, 1.165) is 49.9 Å². The van der Waals surface area contributed by atoms with Gasteiger partial charge in [0.1, 0.15) is 5.82 Å². The van der Waals surface area contributed by atoms with Gasteiger partial charge in [-0.2, -0.15) is 5.10 Å². The van der Waals surface area contributed by atoms with E-state index in [2.05, 4.69) is 58.2 Å². The average molecular weight is 286 g/mol. The third-order valence-electron chi connectivity index (χ3n) is 4.11. The highest BCUT2D eigenvalue weighted by atomic mass is 16.5. The molecule has 0 amide bonds. The number of H-pyrrole nitrogens is 1. The van der Waals surface area contributed by atoms with Crippen LogP contribution in [-0.4, -0.2) is 46.4 Å². The molecule has 1 aliphatic heterocycles. The molecule has 1 atom stereocenters. The van der Waals surface area contributed by atoms with E-state index < -0.39 is 0 Å². The van der Waals surface area contributed by atoms with Crippen molar-refractivity contribution in [2.75, 3.05) is 26.3 Å². The molecule has 5 heteroatoms. The normalized spacial score (nSPS) is 17.8. The van der Waals surface area contributed by atoms with Crippen LogP contribution in [0.25, 0.3) is 11.4 Å². The first-order valence-electron chi connectivity index (χ1n) is 7.61. The number of morpholine rings is 1. The van der Waals surface area contributed by atoms with E-state index in [1.54, 1.807) is 0 Å². The molecule has 1 aromatic carbocycles.